The van der Waals surface area contributed by atoms with Crippen molar-refractivity contribution in [2.75, 3.05) is 44.7 Å². The van der Waals surface area contributed by atoms with Crippen LogP contribution in [0.5, 0.6) is 0 Å². The third kappa shape index (κ3) is 3.86. The summed E-state index contributed by atoms with van der Waals surface area (Å²) in [7, 11) is 0. The lowest BCUT2D eigenvalue weighted by Gasteiger charge is -2.26. The Morgan fingerprint density at radius 3 is 2.84 bits per heavy atom. The van der Waals surface area contributed by atoms with Crippen LogP contribution >= 0.6 is 12.2 Å². The van der Waals surface area contributed by atoms with Gasteiger partial charge < -0.3 is 15.8 Å². The Labute approximate surface area is 117 Å². The fourth-order valence-corrected chi connectivity index (χ4v) is 2.30. The Balaban J connectivity index is 1.92. The third-order valence-electron chi connectivity index (χ3n) is 3.11. The molecule has 104 valence electrons. The van der Waals surface area contributed by atoms with Crippen LogP contribution in [0, 0.1) is 5.82 Å². The lowest BCUT2D eigenvalue weighted by atomic mass is 10.1. The van der Waals surface area contributed by atoms with Gasteiger partial charge in [-0.25, -0.2) is 4.39 Å². The molecule has 0 bridgehead atoms. The van der Waals surface area contributed by atoms with Crippen molar-refractivity contribution in [3.63, 3.8) is 0 Å². The quantitative estimate of drug-likeness (QED) is 0.795. The number of rotatable bonds is 5. The van der Waals surface area contributed by atoms with E-state index < -0.39 is 0 Å². The van der Waals surface area contributed by atoms with Gasteiger partial charge in [-0.2, -0.15) is 0 Å². The minimum absolute atomic E-state index is 0.0759. The summed E-state index contributed by atoms with van der Waals surface area (Å²) in [5.41, 5.74) is 6.50. The molecule has 3 N–H and O–H groups in total. The standard InChI is InChI=1S/C13H18FN3OS/c14-10-2-1-3-11(12(10)13(15)19)16-4-5-17-6-8-18-9-7-17/h1-3,16H,4-9H2,(H2,15,19). The summed E-state index contributed by atoms with van der Waals surface area (Å²) in [5, 5.41) is 3.19. The molecule has 0 spiro atoms. The average molecular weight is 283 g/mol. The maximum absolute atomic E-state index is 13.6. The highest BCUT2D eigenvalue weighted by Crippen LogP contribution is 2.18. The van der Waals surface area contributed by atoms with Crippen LogP contribution in [0.3, 0.4) is 0 Å². The van der Waals surface area contributed by atoms with Crippen molar-refractivity contribution >= 4 is 22.9 Å². The Hall–Kier alpha value is -1.24. The predicted octanol–water partition coefficient (Wildman–Crippen LogP) is 1.20. The van der Waals surface area contributed by atoms with Gasteiger partial charge >= 0.3 is 0 Å². The molecule has 2 rings (SSSR count). The molecule has 1 fully saturated rings. The number of nitrogens with two attached hydrogens (primary N) is 1. The van der Waals surface area contributed by atoms with Crippen molar-refractivity contribution in [2.24, 2.45) is 5.73 Å². The second-order valence-corrected chi connectivity index (χ2v) is 4.85. The van der Waals surface area contributed by atoms with Gasteiger partial charge in [-0.1, -0.05) is 18.3 Å². The molecule has 4 nitrogen and oxygen atoms in total. The average Bonchev–Trinajstić information content (AvgIpc) is 2.39. The van der Waals surface area contributed by atoms with Gasteiger partial charge in [0.15, 0.2) is 0 Å². The molecule has 1 aromatic rings. The lowest BCUT2D eigenvalue weighted by Crippen LogP contribution is -2.39. The zero-order valence-electron chi connectivity index (χ0n) is 10.7. The van der Waals surface area contributed by atoms with E-state index in [1.54, 1.807) is 12.1 Å². The summed E-state index contributed by atoms with van der Waals surface area (Å²) in [5.74, 6) is -0.385. The number of halogens is 1. The fraction of sp³-hybridized carbons (Fsp3) is 0.462. The molecule has 1 aliphatic heterocycles. The first-order valence-corrected chi connectivity index (χ1v) is 6.71. The van der Waals surface area contributed by atoms with Crippen molar-refractivity contribution in [2.45, 2.75) is 0 Å². The number of ether oxygens (including phenoxy) is 1. The first-order valence-electron chi connectivity index (χ1n) is 6.31. The first-order chi connectivity index (χ1) is 9.18. The Kier molecular flexibility index (Phi) is 5.07. The number of hydrogen-bond acceptors (Lipinski definition) is 4. The zero-order chi connectivity index (χ0) is 13.7. The van der Waals surface area contributed by atoms with Crippen molar-refractivity contribution in [3.8, 4) is 0 Å². The molecule has 0 radical (unpaired) electrons. The predicted molar refractivity (Wildman–Crippen MR) is 78.0 cm³/mol. The van der Waals surface area contributed by atoms with E-state index >= 15 is 0 Å². The molecule has 1 heterocycles. The van der Waals surface area contributed by atoms with Gasteiger partial charge in [-0.3, -0.25) is 4.90 Å². The second kappa shape index (κ2) is 6.79. The minimum Gasteiger partial charge on any atom is -0.389 e. The molecule has 0 saturated carbocycles. The molecule has 19 heavy (non-hydrogen) atoms. The van der Waals surface area contributed by atoms with Gasteiger partial charge in [-0.15, -0.1) is 0 Å². The molecule has 1 saturated heterocycles. The normalized spacial score (nSPS) is 16.3. The van der Waals surface area contributed by atoms with E-state index in [9.17, 15) is 4.39 Å². The van der Waals surface area contributed by atoms with Crippen molar-refractivity contribution in [1.29, 1.82) is 0 Å². The molecule has 0 atom stereocenters. The summed E-state index contributed by atoms with van der Waals surface area (Å²) in [6.45, 7) is 5.03. The molecule has 1 aliphatic rings. The highest BCUT2D eigenvalue weighted by atomic mass is 32.1. The molecular formula is C13H18FN3OS. The number of nitrogens with zero attached hydrogens (tertiary/aromatic N) is 1. The number of anilines is 1. The molecule has 1 aromatic carbocycles. The highest BCUT2D eigenvalue weighted by molar-refractivity contribution is 7.80. The maximum atomic E-state index is 13.6. The van der Waals surface area contributed by atoms with Crippen LogP contribution in [-0.4, -0.2) is 49.3 Å². The van der Waals surface area contributed by atoms with Gasteiger partial charge in [0.05, 0.1) is 18.8 Å². The van der Waals surface area contributed by atoms with E-state index in [4.69, 9.17) is 22.7 Å². The van der Waals surface area contributed by atoms with Crippen molar-refractivity contribution < 1.29 is 9.13 Å². The summed E-state index contributed by atoms with van der Waals surface area (Å²) in [4.78, 5) is 2.38. The first kappa shape index (κ1) is 14.2. The second-order valence-electron chi connectivity index (χ2n) is 4.41. The van der Waals surface area contributed by atoms with E-state index in [1.165, 1.54) is 6.07 Å². The van der Waals surface area contributed by atoms with E-state index in [2.05, 4.69) is 10.2 Å². The lowest BCUT2D eigenvalue weighted by molar-refractivity contribution is 0.0398. The highest BCUT2D eigenvalue weighted by Gasteiger charge is 2.12. The van der Waals surface area contributed by atoms with Gasteiger partial charge in [0.2, 0.25) is 0 Å². The van der Waals surface area contributed by atoms with Crippen LogP contribution in [0.15, 0.2) is 18.2 Å². The largest absolute Gasteiger partial charge is 0.389 e. The van der Waals surface area contributed by atoms with Crippen molar-refractivity contribution in [1.82, 2.24) is 4.90 Å². The van der Waals surface area contributed by atoms with Crippen LogP contribution in [0.1, 0.15) is 5.56 Å². The Bertz CT molecular complexity index is 450. The smallest absolute Gasteiger partial charge is 0.135 e. The van der Waals surface area contributed by atoms with Crippen LogP contribution in [-0.2, 0) is 4.74 Å². The van der Waals surface area contributed by atoms with E-state index in [1.807, 2.05) is 0 Å². The van der Waals surface area contributed by atoms with Gasteiger partial charge in [0.1, 0.15) is 10.8 Å². The van der Waals surface area contributed by atoms with Crippen LogP contribution < -0.4 is 11.1 Å². The minimum atomic E-state index is -0.385. The van der Waals surface area contributed by atoms with Gasteiger partial charge in [0, 0.05) is 31.9 Å². The zero-order valence-corrected chi connectivity index (χ0v) is 11.5. The maximum Gasteiger partial charge on any atom is 0.135 e. The third-order valence-corrected chi connectivity index (χ3v) is 3.31. The number of thiocarbonyl (C=S) groups is 1. The summed E-state index contributed by atoms with van der Waals surface area (Å²) in [6.07, 6.45) is 0. The van der Waals surface area contributed by atoms with Gasteiger partial charge in [-0.05, 0) is 12.1 Å². The number of morpholine rings is 1. The van der Waals surface area contributed by atoms with Crippen molar-refractivity contribution in [3.05, 3.63) is 29.6 Å². The Morgan fingerprint density at radius 2 is 2.16 bits per heavy atom. The summed E-state index contributed by atoms with van der Waals surface area (Å²) >= 11 is 4.88. The number of benzene rings is 1. The number of hydrogen-bond donors (Lipinski definition) is 2. The molecule has 0 aromatic heterocycles. The summed E-state index contributed by atoms with van der Waals surface area (Å²) < 4.78 is 18.9. The van der Waals surface area contributed by atoms with Crippen LogP contribution in [0.2, 0.25) is 0 Å². The topological polar surface area (TPSA) is 50.5 Å². The van der Waals surface area contributed by atoms with E-state index in [0.29, 0.717) is 11.3 Å². The molecule has 0 aliphatic carbocycles. The monoisotopic (exact) mass is 283 g/mol. The molecule has 0 unspecified atom stereocenters. The SMILES string of the molecule is NC(=S)c1c(F)cccc1NCCN1CCOCC1. The van der Waals surface area contributed by atoms with Crippen LogP contribution in [0.4, 0.5) is 10.1 Å². The molecular weight excluding hydrogens is 265 g/mol. The summed E-state index contributed by atoms with van der Waals surface area (Å²) in [6, 6.07) is 4.80. The number of nitrogens with one attached hydrogen (secondary N) is 1. The van der Waals surface area contributed by atoms with E-state index in [0.717, 1.165) is 39.4 Å². The molecule has 0 amide bonds. The fourth-order valence-electron chi connectivity index (χ4n) is 2.10. The van der Waals surface area contributed by atoms with E-state index in [-0.39, 0.29) is 10.8 Å². The molecule has 6 heteroatoms. The Morgan fingerprint density at radius 1 is 1.42 bits per heavy atom. The van der Waals surface area contributed by atoms with Crippen LogP contribution in [0.25, 0.3) is 0 Å². The van der Waals surface area contributed by atoms with Gasteiger partial charge in [0.25, 0.3) is 0 Å².